The Morgan fingerprint density at radius 3 is 2.31 bits per heavy atom. The van der Waals surface area contributed by atoms with Gasteiger partial charge in [0.1, 0.15) is 6.54 Å². The Balaban J connectivity index is 0.00000420. The molecule has 2 amide bonds. The zero-order chi connectivity index (χ0) is 20.9. The van der Waals surface area contributed by atoms with Crippen LogP contribution in [0.4, 0.5) is 18.9 Å². The van der Waals surface area contributed by atoms with E-state index in [2.05, 4.69) is 5.32 Å². The lowest BCUT2D eigenvalue weighted by Gasteiger charge is -2.20. The number of amides is 2. The Morgan fingerprint density at radius 1 is 1.10 bits per heavy atom. The summed E-state index contributed by atoms with van der Waals surface area (Å²) in [4.78, 5) is 24.5. The van der Waals surface area contributed by atoms with Gasteiger partial charge in [0.05, 0.1) is 5.92 Å². The highest BCUT2D eigenvalue weighted by Gasteiger charge is 2.28. The number of carbonyl (C=O) groups is 2. The van der Waals surface area contributed by atoms with Crippen LogP contribution in [0.5, 0.6) is 0 Å². The van der Waals surface area contributed by atoms with Crippen molar-refractivity contribution in [3.05, 3.63) is 65.2 Å². The summed E-state index contributed by atoms with van der Waals surface area (Å²) in [5.74, 6) is -1.79. The molecule has 0 saturated heterocycles. The van der Waals surface area contributed by atoms with Crippen LogP contribution in [-0.2, 0) is 4.79 Å². The number of halogens is 4. The SMILES string of the molecule is Cc1ccc(C(=O)NCC(F)(F)F)cc1NC(=O)C(C)C(N)c1ccccc1.Cl. The molecule has 0 aliphatic rings. The standard InChI is InChI=1S/C20H22F3N3O2.ClH/c1-12-8-9-15(19(28)25-11-20(21,22)23)10-16(12)26-18(27)13(2)17(24)14-6-4-3-5-7-14;/h3-10,13,17H,11,24H2,1-2H3,(H,25,28)(H,26,27);1H. The Morgan fingerprint density at radius 2 is 1.72 bits per heavy atom. The van der Waals surface area contributed by atoms with Crippen LogP contribution >= 0.6 is 12.4 Å². The number of aryl methyl sites for hydroxylation is 1. The topological polar surface area (TPSA) is 84.2 Å². The maximum absolute atomic E-state index is 12.6. The first-order valence-electron chi connectivity index (χ1n) is 8.65. The van der Waals surface area contributed by atoms with Gasteiger partial charge < -0.3 is 16.4 Å². The van der Waals surface area contributed by atoms with E-state index in [1.165, 1.54) is 12.1 Å². The van der Waals surface area contributed by atoms with Gasteiger partial charge in [-0.05, 0) is 30.2 Å². The number of carbonyl (C=O) groups excluding carboxylic acids is 2. The third-order valence-corrected chi connectivity index (χ3v) is 4.34. The first-order valence-corrected chi connectivity index (χ1v) is 8.65. The average molecular weight is 430 g/mol. The van der Waals surface area contributed by atoms with E-state index in [0.717, 1.165) is 5.56 Å². The minimum atomic E-state index is -4.50. The normalized spacial score (nSPS) is 13.0. The summed E-state index contributed by atoms with van der Waals surface area (Å²) in [5, 5.41) is 4.51. The molecule has 0 bridgehead atoms. The largest absolute Gasteiger partial charge is 0.405 e. The molecule has 0 saturated carbocycles. The molecule has 0 aromatic heterocycles. The molecular formula is C20H23ClF3N3O2. The van der Waals surface area contributed by atoms with E-state index in [9.17, 15) is 22.8 Å². The van der Waals surface area contributed by atoms with Crippen molar-refractivity contribution in [2.75, 3.05) is 11.9 Å². The minimum absolute atomic E-state index is 0. The van der Waals surface area contributed by atoms with Gasteiger partial charge in [0, 0.05) is 17.3 Å². The number of hydrogen-bond donors (Lipinski definition) is 3. The van der Waals surface area contributed by atoms with Gasteiger partial charge in [-0.15, -0.1) is 12.4 Å². The molecule has 5 nitrogen and oxygen atoms in total. The number of anilines is 1. The van der Waals surface area contributed by atoms with Crippen molar-refractivity contribution in [2.45, 2.75) is 26.1 Å². The molecule has 29 heavy (non-hydrogen) atoms. The Labute approximate surface area is 173 Å². The van der Waals surface area contributed by atoms with Crippen LogP contribution in [0.2, 0.25) is 0 Å². The molecule has 2 atom stereocenters. The molecule has 0 aliphatic carbocycles. The van der Waals surface area contributed by atoms with Gasteiger partial charge in [-0.3, -0.25) is 9.59 Å². The quantitative estimate of drug-likeness (QED) is 0.649. The van der Waals surface area contributed by atoms with Crippen molar-refractivity contribution >= 4 is 29.9 Å². The second kappa shape index (κ2) is 10.3. The summed E-state index contributed by atoms with van der Waals surface area (Å²) in [7, 11) is 0. The third-order valence-electron chi connectivity index (χ3n) is 4.34. The average Bonchev–Trinajstić information content (AvgIpc) is 2.66. The predicted octanol–water partition coefficient (Wildman–Crippen LogP) is 3.98. The van der Waals surface area contributed by atoms with Crippen molar-refractivity contribution in [1.82, 2.24) is 5.32 Å². The van der Waals surface area contributed by atoms with Crippen LogP contribution < -0.4 is 16.4 Å². The number of nitrogens with two attached hydrogens (primary N) is 1. The van der Waals surface area contributed by atoms with Crippen molar-refractivity contribution in [1.29, 1.82) is 0 Å². The molecule has 0 heterocycles. The van der Waals surface area contributed by atoms with Crippen molar-refractivity contribution in [2.24, 2.45) is 11.7 Å². The molecule has 0 radical (unpaired) electrons. The van der Waals surface area contributed by atoms with E-state index >= 15 is 0 Å². The van der Waals surface area contributed by atoms with Gasteiger partial charge in [-0.2, -0.15) is 13.2 Å². The molecule has 2 aromatic rings. The Hall–Kier alpha value is -2.58. The van der Waals surface area contributed by atoms with Gasteiger partial charge in [-0.25, -0.2) is 0 Å². The van der Waals surface area contributed by atoms with Gasteiger partial charge >= 0.3 is 6.18 Å². The second-order valence-electron chi connectivity index (χ2n) is 6.54. The summed E-state index contributed by atoms with van der Waals surface area (Å²) in [6.07, 6.45) is -4.50. The van der Waals surface area contributed by atoms with E-state index < -0.39 is 30.6 Å². The summed E-state index contributed by atoms with van der Waals surface area (Å²) in [6, 6.07) is 12.9. The summed E-state index contributed by atoms with van der Waals surface area (Å²) < 4.78 is 36.8. The van der Waals surface area contributed by atoms with Crippen LogP contribution in [-0.4, -0.2) is 24.5 Å². The van der Waals surface area contributed by atoms with E-state index in [1.807, 2.05) is 30.3 Å². The zero-order valence-corrected chi connectivity index (χ0v) is 16.7. The predicted molar refractivity (Wildman–Crippen MR) is 108 cm³/mol. The van der Waals surface area contributed by atoms with E-state index in [1.54, 1.807) is 25.2 Å². The van der Waals surface area contributed by atoms with E-state index in [-0.39, 0.29) is 23.9 Å². The molecule has 0 fully saturated rings. The molecule has 0 aliphatic heterocycles. The van der Waals surface area contributed by atoms with E-state index in [4.69, 9.17) is 5.73 Å². The van der Waals surface area contributed by atoms with Crippen LogP contribution in [0, 0.1) is 12.8 Å². The highest BCUT2D eigenvalue weighted by atomic mass is 35.5. The maximum atomic E-state index is 12.6. The summed E-state index contributed by atoms with van der Waals surface area (Å²) in [6.45, 7) is 1.97. The first-order chi connectivity index (χ1) is 13.1. The smallest absolute Gasteiger partial charge is 0.343 e. The zero-order valence-electron chi connectivity index (χ0n) is 15.9. The van der Waals surface area contributed by atoms with Crippen LogP contribution in [0.25, 0.3) is 0 Å². The molecule has 2 aromatic carbocycles. The van der Waals surface area contributed by atoms with Crippen LogP contribution in [0.3, 0.4) is 0 Å². The number of rotatable bonds is 6. The van der Waals surface area contributed by atoms with Crippen LogP contribution in [0.1, 0.15) is 34.5 Å². The maximum Gasteiger partial charge on any atom is 0.405 e. The number of nitrogens with one attached hydrogen (secondary N) is 2. The lowest BCUT2D eigenvalue weighted by atomic mass is 9.94. The molecule has 0 spiro atoms. The minimum Gasteiger partial charge on any atom is -0.343 e. The number of hydrogen-bond acceptors (Lipinski definition) is 3. The monoisotopic (exact) mass is 429 g/mol. The summed E-state index contributed by atoms with van der Waals surface area (Å²) in [5.41, 5.74) is 8.00. The highest BCUT2D eigenvalue weighted by molar-refractivity contribution is 5.98. The van der Waals surface area contributed by atoms with Gasteiger partial charge in [0.15, 0.2) is 0 Å². The third kappa shape index (κ3) is 7.07. The molecule has 2 rings (SSSR count). The van der Waals surface area contributed by atoms with Crippen molar-refractivity contribution < 1.29 is 22.8 Å². The molecule has 2 unspecified atom stereocenters. The fourth-order valence-corrected chi connectivity index (χ4v) is 2.55. The van der Waals surface area contributed by atoms with Gasteiger partial charge in [-0.1, -0.05) is 43.3 Å². The first kappa shape index (κ1) is 24.5. The number of alkyl halides is 3. The lowest BCUT2D eigenvalue weighted by molar-refractivity contribution is -0.123. The van der Waals surface area contributed by atoms with E-state index in [0.29, 0.717) is 11.3 Å². The Bertz CT molecular complexity index is 845. The molecule has 9 heteroatoms. The highest BCUT2D eigenvalue weighted by Crippen LogP contribution is 2.23. The van der Waals surface area contributed by atoms with Crippen molar-refractivity contribution in [3.63, 3.8) is 0 Å². The molecule has 158 valence electrons. The number of benzene rings is 2. The summed E-state index contributed by atoms with van der Waals surface area (Å²) >= 11 is 0. The van der Waals surface area contributed by atoms with Gasteiger partial charge in [0.2, 0.25) is 5.91 Å². The van der Waals surface area contributed by atoms with Gasteiger partial charge in [0.25, 0.3) is 5.91 Å². The molecule has 4 N–H and O–H groups in total. The van der Waals surface area contributed by atoms with Crippen molar-refractivity contribution in [3.8, 4) is 0 Å². The second-order valence-corrected chi connectivity index (χ2v) is 6.54. The fourth-order valence-electron chi connectivity index (χ4n) is 2.55. The fraction of sp³-hybridized carbons (Fsp3) is 0.300. The Kier molecular flexibility index (Phi) is 8.66. The van der Waals surface area contributed by atoms with Crippen LogP contribution in [0.15, 0.2) is 48.5 Å². The lowest BCUT2D eigenvalue weighted by Crippen LogP contribution is -2.34. The molecular weight excluding hydrogens is 407 g/mol.